The summed E-state index contributed by atoms with van der Waals surface area (Å²) in [6.07, 6.45) is 0. The Labute approximate surface area is 120 Å². The Morgan fingerprint density at radius 2 is 1.80 bits per heavy atom. The van der Waals surface area contributed by atoms with Gasteiger partial charge in [-0.3, -0.25) is 0 Å². The van der Waals surface area contributed by atoms with Crippen molar-refractivity contribution < 1.29 is 9.13 Å². The molecule has 0 aliphatic rings. The Morgan fingerprint density at radius 3 is 2.55 bits per heavy atom. The first kappa shape index (κ1) is 12.9. The van der Waals surface area contributed by atoms with Gasteiger partial charge in [0.2, 0.25) is 5.88 Å². The molecule has 1 aromatic heterocycles. The van der Waals surface area contributed by atoms with Crippen molar-refractivity contribution in [3.05, 3.63) is 66.0 Å². The standard InChI is InChI=1S/C16H11ClFNO/c17-10-11-9-16(19-15-4-2-1-3-14(11)15)20-13-7-5-12(18)6-8-13/h1-9H,10H2. The maximum Gasteiger partial charge on any atom is 0.220 e. The Bertz CT molecular complexity index is 743. The number of ether oxygens (including phenoxy) is 1. The van der Waals surface area contributed by atoms with E-state index < -0.39 is 0 Å². The lowest BCUT2D eigenvalue weighted by Gasteiger charge is -2.09. The van der Waals surface area contributed by atoms with E-state index in [1.807, 2.05) is 24.3 Å². The summed E-state index contributed by atoms with van der Waals surface area (Å²) in [6, 6.07) is 15.4. The van der Waals surface area contributed by atoms with Crippen molar-refractivity contribution in [3.63, 3.8) is 0 Å². The number of aromatic nitrogens is 1. The Balaban J connectivity index is 2.01. The molecule has 0 aliphatic carbocycles. The highest BCUT2D eigenvalue weighted by Gasteiger charge is 2.06. The third-order valence-corrected chi connectivity index (χ3v) is 3.25. The van der Waals surface area contributed by atoms with Gasteiger partial charge >= 0.3 is 0 Å². The summed E-state index contributed by atoms with van der Waals surface area (Å²) in [7, 11) is 0. The van der Waals surface area contributed by atoms with Crippen molar-refractivity contribution in [2.45, 2.75) is 5.88 Å². The van der Waals surface area contributed by atoms with Gasteiger partial charge < -0.3 is 4.74 Å². The van der Waals surface area contributed by atoms with Gasteiger partial charge in [0.25, 0.3) is 0 Å². The molecule has 4 heteroatoms. The molecule has 0 unspecified atom stereocenters. The lowest BCUT2D eigenvalue weighted by Crippen LogP contribution is -1.92. The number of nitrogens with zero attached hydrogens (tertiary/aromatic N) is 1. The summed E-state index contributed by atoms with van der Waals surface area (Å²) >= 11 is 5.97. The topological polar surface area (TPSA) is 22.1 Å². The van der Waals surface area contributed by atoms with Crippen molar-refractivity contribution >= 4 is 22.5 Å². The fourth-order valence-corrected chi connectivity index (χ4v) is 2.23. The van der Waals surface area contributed by atoms with Crippen molar-refractivity contribution in [1.82, 2.24) is 4.98 Å². The first-order chi connectivity index (χ1) is 9.76. The van der Waals surface area contributed by atoms with Gasteiger partial charge in [-0.05, 0) is 35.9 Å². The highest BCUT2D eigenvalue weighted by atomic mass is 35.5. The van der Waals surface area contributed by atoms with Gasteiger partial charge in [-0.25, -0.2) is 9.37 Å². The lowest BCUT2D eigenvalue weighted by atomic mass is 10.1. The van der Waals surface area contributed by atoms with E-state index in [0.717, 1.165) is 16.5 Å². The Kier molecular flexibility index (Phi) is 3.52. The highest BCUT2D eigenvalue weighted by molar-refractivity contribution is 6.18. The molecule has 0 N–H and O–H groups in total. The molecule has 0 atom stereocenters. The zero-order valence-electron chi connectivity index (χ0n) is 10.5. The smallest absolute Gasteiger partial charge is 0.220 e. The summed E-state index contributed by atoms with van der Waals surface area (Å²) in [4.78, 5) is 4.43. The minimum absolute atomic E-state index is 0.301. The number of hydrogen-bond acceptors (Lipinski definition) is 2. The van der Waals surface area contributed by atoms with Crippen LogP contribution in [0.25, 0.3) is 10.9 Å². The number of para-hydroxylation sites is 1. The molecular weight excluding hydrogens is 277 g/mol. The number of hydrogen-bond donors (Lipinski definition) is 0. The van der Waals surface area contributed by atoms with Crippen LogP contribution in [-0.4, -0.2) is 4.98 Å². The number of fused-ring (bicyclic) bond motifs is 1. The number of halogens is 2. The minimum Gasteiger partial charge on any atom is -0.439 e. The van der Waals surface area contributed by atoms with E-state index in [1.54, 1.807) is 18.2 Å². The molecule has 3 rings (SSSR count). The van der Waals surface area contributed by atoms with Crippen molar-refractivity contribution in [1.29, 1.82) is 0 Å². The van der Waals surface area contributed by atoms with E-state index >= 15 is 0 Å². The van der Waals surface area contributed by atoms with Gasteiger partial charge in [-0.15, -0.1) is 11.6 Å². The van der Waals surface area contributed by atoms with Crippen LogP contribution >= 0.6 is 11.6 Å². The first-order valence-corrected chi connectivity index (χ1v) is 6.68. The average Bonchev–Trinajstić information content (AvgIpc) is 2.49. The number of pyridine rings is 1. The monoisotopic (exact) mass is 287 g/mol. The molecule has 3 aromatic rings. The predicted octanol–water partition coefficient (Wildman–Crippen LogP) is 4.91. The first-order valence-electron chi connectivity index (χ1n) is 6.14. The second-order valence-electron chi connectivity index (χ2n) is 4.33. The highest BCUT2D eigenvalue weighted by Crippen LogP contribution is 2.26. The van der Waals surface area contributed by atoms with Crippen molar-refractivity contribution in [2.75, 3.05) is 0 Å². The van der Waals surface area contributed by atoms with Crippen LogP contribution < -0.4 is 4.74 Å². The number of benzene rings is 2. The van der Waals surface area contributed by atoms with Gasteiger partial charge in [0.05, 0.1) is 5.52 Å². The largest absolute Gasteiger partial charge is 0.439 e. The molecule has 0 amide bonds. The summed E-state index contributed by atoms with van der Waals surface area (Å²) in [5.41, 5.74) is 1.78. The van der Waals surface area contributed by atoms with E-state index in [-0.39, 0.29) is 5.82 Å². The summed E-state index contributed by atoms with van der Waals surface area (Å²) in [6.45, 7) is 0. The van der Waals surface area contributed by atoms with E-state index in [9.17, 15) is 4.39 Å². The number of alkyl halides is 1. The summed E-state index contributed by atoms with van der Waals surface area (Å²) in [5.74, 6) is 1.06. The molecular formula is C16H11ClFNO. The molecule has 100 valence electrons. The van der Waals surface area contributed by atoms with Crippen LogP contribution in [0.15, 0.2) is 54.6 Å². The zero-order chi connectivity index (χ0) is 13.9. The second kappa shape index (κ2) is 5.47. The van der Waals surface area contributed by atoms with Gasteiger partial charge in [0.1, 0.15) is 11.6 Å². The van der Waals surface area contributed by atoms with E-state index in [2.05, 4.69) is 4.98 Å². The molecule has 0 radical (unpaired) electrons. The van der Waals surface area contributed by atoms with E-state index in [0.29, 0.717) is 17.5 Å². The van der Waals surface area contributed by atoms with Gasteiger partial charge in [0.15, 0.2) is 0 Å². The van der Waals surface area contributed by atoms with Crippen molar-refractivity contribution in [2.24, 2.45) is 0 Å². The molecule has 0 spiro atoms. The molecule has 1 heterocycles. The van der Waals surface area contributed by atoms with E-state index in [4.69, 9.17) is 16.3 Å². The molecule has 0 fully saturated rings. The quantitative estimate of drug-likeness (QED) is 0.639. The fourth-order valence-electron chi connectivity index (χ4n) is 2.01. The molecule has 0 saturated carbocycles. The molecule has 0 aliphatic heterocycles. The molecule has 20 heavy (non-hydrogen) atoms. The van der Waals surface area contributed by atoms with Gasteiger partial charge in [-0.1, -0.05) is 18.2 Å². The summed E-state index contributed by atoms with van der Waals surface area (Å²) < 4.78 is 18.5. The van der Waals surface area contributed by atoms with Crippen LogP contribution in [0.1, 0.15) is 5.56 Å². The zero-order valence-corrected chi connectivity index (χ0v) is 11.3. The van der Waals surface area contributed by atoms with E-state index in [1.165, 1.54) is 12.1 Å². The van der Waals surface area contributed by atoms with Crippen LogP contribution in [0, 0.1) is 5.82 Å². The lowest BCUT2D eigenvalue weighted by molar-refractivity contribution is 0.463. The van der Waals surface area contributed by atoms with Crippen LogP contribution in [0.5, 0.6) is 11.6 Å². The fraction of sp³-hybridized carbons (Fsp3) is 0.0625. The Morgan fingerprint density at radius 1 is 1.05 bits per heavy atom. The maximum absolute atomic E-state index is 12.9. The van der Waals surface area contributed by atoms with Crippen LogP contribution in [0.4, 0.5) is 4.39 Å². The predicted molar refractivity (Wildman–Crippen MR) is 77.8 cm³/mol. The SMILES string of the molecule is Fc1ccc(Oc2cc(CCl)c3ccccc3n2)cc1. The third-order valence-electron chi connectivity index (χ3n) is 2.96. The molecule has 0 bridgehead atoms. The normalized spacial score (nSPS) is 10.7. The van der Waals surface area contributed by atoms with Crippen LogP contribution in [0.2, 0.25) is 0 Å². The van der Waals surface area contributed by atoms with Crippen LogP contribution in [-0.2, 0) is 5.88 Å². The van der Waals surface area contributed by atoms with Crippen molar-refractivity contribution in [3.8, 4) is 11.6 Å². The molecule has 2 aromatic carbocycles. The molecule has 0 saturated heterocycles. The minimum atomic E-state index is -0.301. The number of rotatable bonds is 3. The average molecular weight is 288 g/mol. The second-order valence-corrected chi connectivity index (χ2v) is 4.59. The van der Waals surface area contributed by atoms with Gasteiger partial charge in [-0.2, -0.15) is 0 Å². The van der Waals surface area contributed by atoms with Gasteiger partial charge in [0, 0.05) is 17.3 Å². The maximum atomic E-state index is 12.9. The Hall–Kier alpha value is -2.13. The summed E-state index contributed by atoms with van der Waals surface area (Å²) in [5, 5.41) is 1.01. The van der Waals surface area contributed by atoms with Crippen LogP contribution in [0.3, 0.4) is 0 Å². The molecule has 2 nitrogen and oxygen atoms in total. The third kappa shape index (κ3) is 2.58.